The zero-order valence-electron chi connectivity index (χ0n) is 79.5. The van der Waals surface area contributed by atoms with Crippen molar-refractivity contribution in [2.24, 2.45) is 20.0 Å². The molecule has 3 amide bonds. The number of aliphatic hydroxyl groups excluding tert-OH is 1. The van der Waals surface area contributed by atoms with E-state index < -0.39 is 0 Å². The lowest BCUT2D eigenvalue weighted by Gasteiger charge is -2.19. The Balaban J connectivity index is 0.797. The van der Waals surface area contributed by atoms with Gasteiger partial charge in [0.05, 0.1) is 62.3 Å². The highest BCUT2D eigenvalue weighted by atomic mass is 16.3. The molecule has 5 N–H and O–H groups in total. The normalized spacial score (nSPS) is 14.3. The number of carbonyl (C=O) groups is 3. The van der Waals surface area contributed by atoms with E-state index in [2.05, 4.69) is 67.6 Å². The number of rotatable bonds is 56. The summed E-state index contributed by atoms with van der Waals surface area (Å²) in [6.07, 6.45) is 87.8. The van der Waals surface area contributed by atoms with Crippen molar-refractivity contribution in [2.45, 2.75) is 304 Å². The maximum atomic E-state index is 14.1. The summed E-state index contributed by atoms with van der Waals surface area (Å²) in [6, 6.07) is 43.1. The van der Waals surface area contributed by atoms with Gasteiger partial charge in [-0.1, -0.05) is 288 Å². The minimum atomic E-state index is -0.199. The number of benzene rings is 4. The van der Waals surface area contributed by atoms with Crippen molar-refractivity contribution in [2.75, 3.05) is 27.8 Å². The number of carbonyl (C=O) groups excluding carboxylic acids is 3. The molecule has 0 fully saturated rings. The predicted molar refractivity (Wildman–Crippen MR) is 549 cm³/mol. The number of hydrogen-bond donors (Lipinski definition) is 5. The number of nitrogens with one attached hydrogen (secondary N) is 4. The van der Waals surface area contributed by atoms with Crippen LogP contribution in [0.2, 0.25) is 0 Å². The standard InChI is InChI=1S/C116H142N12O4/c1-5-9-13-17-21-25-29-33-37-41-77-125-81-69-93(70-82-125)113(129)117-97-53-45-89(46-54-97)109-101-61-63-103(121-101)110(90-47-55-98(56-48-90)118-114(130)94-71-83-126(84-72-94)78-42-38-34-30-26-22-18-14-10-6-2)105-65-67-107(123-105)112(92-51-59-100(60-52-92)120-116(132)96-75-87-128(88-76-96)80-44-40-36-32-28-24-20-16-12-8-4)108-68-66-106(124-108)111(104-64-62-102(109)122-104)91-49-57-99(58-50-91)119-115(131)95-73-85-127(86-74-95)79-43-39-35-31-27-23-19-15-11-7-3/h45-76,81-88H,5-44,77-80H2,1-4H3,(H2-3,117,118,119,120,121,122,123,124,129,130,131,132)/p+3. The zero-order valence-corrected chi connectivity index (χ0v) is 79.5. The Morgan fingerprint density at radius 3 is 0.727 bits per heavy atom. The third-order valence-corrected chi connectivity index (χ3v) is 26.0. The summed E-state index contributed by atoms with van der Waals surface area (Å²) in [4.78, 5) is 66.8. The van der Waals surface area contributed by atoms with Crippen LogP contribution in [-0.2, 0) is 19.6 Å². The number of allylic oxidation sites excluding steroid dienone is 15. The van der Waals surface area contributed by atoms with E-state index in [4.69, 9.17) is 20.0 Å². The molecule has 0 unspecified atom stereocenters. The number of nitrogens with zero attached hydrogens (tertiary/aromatic N) is 8. The SMILES string of the molecule is CCCCCCCCCCCCN1C=CC(=C(O)Nc2ccc(C3=C4C=CC(=N4)C(c4ccc(NC(=O)c5cc[n+](CCCCCCCCCCCC)cc5)cc4)=C4C=CC(=N4)C(c4ccc(NC(=O)c5cc[n+](CCCCCCCCCCCC)cc5)cc4)=C4C=CC(=N4)C(c4ccc(NC(=O)c5cc[n+](CCCCCCCCCCCC)cc5)cc4)=C4C=CC3=N4)cc2)C=C1. The molecule has 0 saturated carbocycles. The summed E-state index contributed by atoms with van der Waals surface area (Å²) in [5, 5.41) is 24.5. The molecule has 4 aromatic carbocycles. The molecule has 8 bridgehead atoms. The van der Waals surface area contributed by atoms with E-state index in [0.717, 1.165) is 96.4 Å². The van der Waals surface area contributed by atoms with Crippen LogP contribution in [-0.4, -0.2) is 57.1 Å². The number of amides is 3. The zero-order chi connectivity index (χ0) is 91.5. The number of hydrogen-bond acceptors (Lipinski definition) is 10. The molecule has 9 heterocycles. The van der Waals surface area contributed by atoms with Crippen LogP contribution in [0.5, 0.6) is 0 Å². The molecule has 3 aromatic heterocycles. The third kappa shape index (κ3) is 30.0. The molecule has 16 heteroatoms. The fraction of sp³-hybridized carbons (Fsp3) is 0.414. The van der Waals surface area contributed by atoms with E-state index in [1.807, 2.05) is 244 Å². The number of aliphatic hydroxyl groups is 1. The van der Waals surface area contributed by atoms with Gasteiger partial charge in [-0.25, -0.2) is 33.7 Å². The predicted octanol–water partition coefficient (Wildman–Crippen LogP) is 28.5. The van der Waals surface area contributed by atoms with Crippen LogP contribution in [0, 0.1) is 0 Å². The maximum absolute atomic E-state index is 14.1. The van der Waals surface area contributed by atoms with Crippen LogP contribution >= 0.6 is 0 Å². The quantitative estimate of drug-likeness (QED) is 0.0144. The first-order chi connectivity index (χ1) is 65.0. The monoisotopic (exact) mass is 1770 g/mol. The van der Waals surface area contributed by atoms with Crippen LogP contribution in [0.4, 0.5) is 22.7 Å². The van der Waals surface area contributed by atoms with Crippen molar-refractivity contribution < 1.29 is 33.2 Å². The Labute approximate surface area is 787 Å². The van der Waals surface area contributed by atoms with Gasteiger partial charge in [0.15, 0.2) is 43.1 Å². The lowest BCUT2D eigenvalue weighted by atomic mass is 9.98. The van der Waals surface area contributed by atoms with Gasteiger partial charge < -0.3 is 31.3 Å². The summed E-state index contributed by atoms with van der Waals surface area (Å²) < 4.78 is 6.51. The lowest BCUT2D eigenvalue weighted by molar-refractivity contribution is -0.697. The molecule has 0 spiro atoms. The molecule has 0 radical (unpaired) electrons. The Morgan fingerprint density at radius 1 is 0.265 bits per heavy atom. The van der Waals surface area contributed by atoms with Gasteiger partial charge in [0.25, 0.3) is 17.7 Å². The second-order valence-corrected chi connectivity index (χ2v) is 36.5. The summed E-state index contributed by atoms with van der Waals surface area (Å²) in [6.45, 7) is 12.8. The Kier molecular flexibility index (Phi) is 39.5. The molecule has 690 valence electrons. The van der Waals surface area contributed by atoms with E-state index in [9.17, 15) is 19.5 Å². The fourth-order valence-electron chi connectivity index (χ4n) is 18.1. The van der Waals surface area contributed by atoms with Gasteiger partial charge in [-0.2, -0.15) is 0 Å². The number of aryl methyl sites for hydroxylation is 3. The third-order valence-electron chi connectivity index (χ3n) is 26.0. The minimum absolute atomic E-state index is 0.0489. The highest BCUT2D eigenvalue weighted by Gasteiger charge is 2.29. The van der Waals surface area contributed by atoms with Gasteiger partial charge in [-0.3, -0.25) is 14.4 Å². The van der Waals surface area contributed by atoms with Crippen molar-refractivity contribution in [3.63, 3.8) is 0 Å². The van der Waals surface area contributed by atoms with Crippen molar-refractivity contribution in [3.05, 3.63) is 317 Å². The van der Waals surface area contributed by atoms with Gasteiger partial charge in [0, 0.05) is 125 Å². The number of unbranched alkanes of at least 4 members (excludes halogenated alkanes) is 36. The number of pyridine rings is 3. The van der Waals surface area contributed by atoms with Crippen LogP contribution in [0.1, 0.15) is 338 Å². The first-order valence-electron chi connectivity index (χ1n) is 50.7. The van der Waals surface area contributed by atoms with Crippen molar-refractivity contribution in [1.82, 2.24) is 4.90 Å². The summed E-state index contributed by atoms with van der Waals surface area (Å²) in [5.41, 5.74) is 16.7. The van der Waals surface area contributed by atoms with Gasteiger partial charge in [0.2, 0.25) is 0 Å². The number of anilines is 4. The molecule has 132 heavy (non-hydrogen) atoms. The molecule has 0 saturated heterocycles. The van der Waals surface area contributed by atoms with Crippen LogP contribution in [0.15, 0.2) is 298 Å². The highest BCUT2D eigenvalue weighted by molar-refractivity contribution is 6.40. The largest absolute Gasteiger partial charge is 0.494 e. The Morgan fingerprint density at radius 2 is 0.485 bits per heavy atom. The molecule has 0 aliphatic carbocycles. The summed E-state index contributed by atoms with van der Waals surface area (Å²) >= 11 is 0. The van der Waals surface area contributed by atoms with E-state index in [-0.39, 0.29) is 23.6 Å². The molecule has 16 nitrogen and oxygen atoms in total. The molecule has 13 rings (SSSR count). The van der Waals surface area contributed by atoms with Crippen molar-refractivity contribution in [1.29, 1.82) is 0 Å². The van der Waals surface area contributed by atoms with E-state index >= 15 is 0 Å². The molecular weight excluding hydrogens is 1630 g/mol. The first kappa shape index (κ1) is 97.5. The Bertz CT molecular complexity index is 5290. The van der Waals surface area contributed by atoms with Crippen molar-refractivity contribution >= 4 is 85.6 Å². The fourth-order valence-corrected chi connectivity index (χ4v) is 18.1. The molecule has 6 aliphatic heterocycles. The topological polar surface area (TPSA) is 184 Å². The minimum Gasteiger partial charge on any atom is -0.494 e. The van der Waals surface area contributed by atoms with E-state index in [1.165, 1.54) is 231 Å². The smallest absolute Gasteiger partial charge is 0.256 e. The Hall–Kier alpha value is -12.0. The van der Waals surface area contributed by atoms with Gasteiger partial charge in [-0.05, 0) is 157 Å². The van der Waals surface area contributed by atoms with Gasteiger partial charge in [-0.15, -0.1) is 0 Å². The van der Waals surface area contributed by atoms with Crippen LogP contribution in [0.25, 0.3) is 22.3 Å². The first-order valence-corrected chi connectivity index (χ1v) is 50.7. The summed E-state index contributed by atoms with van der Waals surface area (Å²) in [7, 11) is 0. The molecule has 6 aliphatic rings. The maximum Gasteiger partial charge on any atom is 0.256 e. The van der Waals surface area contributed by atoms with Gasteiger partial charge in [0.1, 0.15) is 19.6 Å². The van der Waals surface area contributed by atoms with E-state index in [1.54, 1.807) is 0 Å². The van der Waals surface area contributed by atoms with Crippen molar-refractivity contribution in [3.8, 4) is 0 Å². The average molecular weight is 1770 g/mol. The van der Waals surface area contributed by atoms with Gasteiger partial charge >= 0.3 is 0 Å². The molecule has 0 atom stereocenters. The van der Waals surface area contributed by atoms with Crippen LogP contribution in [0.3, 0.4) is 0 Å². The average Bonchev–Trinajstić information content (AvgIpc) is 1.03. The molecular formula is C116H145N12O4+3. The molecule has 7 aromatic rings. The number of fused-ring (bicyclic) bond motifs is 4. The number of aliphatic imine (C=N–C) groups is 4. The van der Waals surface area contributed by atoms with Crippen LogP contribution < -0.4 is 35.0 Å². The highest BCUT2D eigenvalue weighted by Crippen LogP contribution is 2.40. The summed E-state index contributed by atoms with van der Waals surface area (Å²) in [5.74, 6) is -0.546. The number of aromatic nitrogens is 3. The second kappa shape index (κ2) is 53.5. The van der Waals surface area contributed by atoms with E-state index in [0.29, 0.717) is 90.6 Å². The lowest BCUT2D eigenvalue weighted by Crippen LogP contribution is -2.33. The second-order valence-electron chi connectivity index (χ2n) is 36.5.